The monoisotopic (exact) mass is 233 g/mol. The van der Waals surface area contributed by atoms with E-state index >= 15 is 0 Å². The summed E-state index contributed by atoms with van der Waals surface area (Å²) in [7, 11) is 0. The van der Waals surface area contributed by atoms with E-state index in [-0.39, 0.29) is 12.2 Å². The predicted octanol–water partition coefficient (Wildman–Crippen LogP) is 0.966. The van der Waals surface area contributed by atoms with Crippen LogP contribution in [0.4, 0.5) is 0 Å². The average molecular weight is 233 g/mol. The smallest absolute Gasteiger partial charge is 0.143 e. The molecule has 0 bridgehead atoms. The second-order valence-electron chi connectivity index (χ2n) is 3.47. The van der Waals surface area contributed by atoms with Crippen LogP contribution in [0.3, 0.4) is 0 Å². The number of aliphatic hydroxyl groups excluding tert-OH is 2. The molecule has 0 aromatic carbocycles. The molecule has 1 aromatic heterocycles. The first-order chi connectivity index (χ1) is 8.10. The number of aliphatic hydroxyl groups is 2. The van der Waals surface area contributed by atoms with Gasteiger partial charge >= 0.3 is 0 Å². The van der Waals surface area contributed by atoms with Crippen LogP contribution in [0.5, 0.6) is 0 Å². The maximum atomic E-state index is 9.75. The van der Waals surface area contributed by atoms with Crippen LogP contribution in [0.1, 0.15) is 22.9 Å². The van der Waals surface area contributed by atoms with Crippen molar-refractivity contribution in [3.05, 3.63) is 39.5 Å². The molecule has 0 fully saturated rings. The van der Waals surface area contributed by atoms with Gasteiger partial charge in [0.1, 0.15) is 17.9 Å². The fourth-order valence-electron chi connectivity index (χ4n) is 1.32. The Morgan fingerprint density at radius 3 is 2.88 bits per heavy atom. The number of nitrogens with zero attached hydrogens (tertiary/aromatic N) is 5. The van der Waals surface area contributed by atoms with Crippen LogP contribution in [-0.4, -0.2) is 27.8 Å². The van der Waals surface area contributed by atoms with Crippen LogP contribution in [0.25, 0.3) is 10.4 Å². The van der Waals surface area contributed by atoms with E-state index in [0.29, 0.717) is 11.1 Å². The molecule has 2 atom stereocenters. The normalized spacial score (nSPS) is 13.3. The zero-order valence-electron chi connectivity index (χ0n) is 9.15. The number of hydrogen-bond donors (Lipinski definition) is 2. The van der Waals surface area contributed by atoms with Gasteiger partial charge in [0.25, 0.3) is 0 Å². The number of aromatic nitrogens is 1. The van der Waals surface area contributed by atoms with Gasteiger partial charge in [0.15, 0.2) is 0 Å². The maximum absolute atomic E-state index is 9.75. The predicted molar refractivity (Wildman–Crippen MR) is 58.7 cm³/mol. The lowest BCUT2D eigenvalue weighted by Crippen LogP contribution is -2.21. The third kappa shape index (κ3) is 3.16. The lowest BCUT2D eigenvalue weighted by Gasteiger charge is -2.16. The van der Waals surface area contributed by atoms with E-state index in [9.17, 15) is 10.2 Å². The fourth-order valence-corrected chi connectivity index (χ4v) is 1.32. The molecule has 0 aliphatic carbocycles. The van der Waals surface area contributed by atoms with Gasteiger partial charge in [-0.15, -0.1) is 0 Å². The largest absolute Gasteiger partial charge is 0.390 e. The van der Waals surface area contributed by atoms with Gasteiger partial charge in [-0.05, 0) is 24.1 Å². The van der Waals surface area contributed by atoms with Crippen LogP contribution in [-0.2, 0) is 0 Å². The Bertz CT molecular complexity index is 490. The highest BCUT2D eigenvalue weighted by molar-refractivity contribution is 5.33. The quantitative estimate of drug-likeness (QED) is 0.456. The summed E-state index contributed by atoms with van der Waals surface area (Å²) in [5, 5.41) is 31.1. The van der Waals surface area contributed by atoms with Crippen molar-refractivity contribution >= 4 is 0 Å². The van der Waals surface area contributed by atoms with Crippen LogP contribution < -0.4 is 0 Å². The summed E-state index contributed by atoms with van der Waals surface area (Å²) in [5.41, 5.74) is 9.35. The van der Waals surface area contributed by atoms with Gasteiger partial charge in [-0.3, -0.25) is 0 Å². The molecule has 0 aliphatic rings. The van der Waals surface area contributed by atoms with Crippen LogP contribution >= 0.6 is 0 Å². The zero-order valence-corrected chi connectivity index (χ0v) is 9.15. The van der Waals surface area contributed by atoms with Crippen molar-refractivity contribution in [2.45, 2.75) is 19.1 Å². The summed E-state index contributed by atoms with van der Waals surface area (Å²) in [4.78, 5) is 6.34. The minimum atomic E-state index is -1.19. The van der Waals surface area contributed by atoms with Gasteiger partial charge in [0, 0.05) is 16.7 Å². The van der Waals surface area contributed by atoms with Crippen molar-refractivity contribution in [1.82, 2.24) is 4.98 Å². The molecule has 88 valence electrons. The van der Waals surface area contributed by atoms with Crippen molar-refractivity contribution < 1.29 is 10.2 Å². The van der Waals surface area contributed by atoms with Crippen molar-refractivity contribution in [2.24, 2.45) is 5.11 Å². The minimum Gasteiger partial charge on any atom is -0.390 e. The van der Waals surface area contributed by atoms with Crippen LogP contribution in [0.2, 0.25) is 0 Å². The van der Waals surface area contributed by atoms with Crippen molar-refractivity contribution in [3.63, 3.8) is 0 Å². The van der Waals surface area contributed by atoms with Crippen molar-refractivity contribution in [2.75, 3.05) is 6.54 Å². The number of nitriles is 1. The van der Waals surface area contributed by atoms with E-state index in [0.717, 1.165) is 0 Å². The number of rotatable bonds is 4. The lowest BCUT2D eigenvalue weighted by molar-refractivity contribution is 0.0242. The van der Waals surface area contributed by atoms with E-state index in [4.69, 9.17) is 10.8 Å². The molecule has 0 saturated carbocycles. The zero-order chi connectivity index (χ0) is 12.8. The molecular weight excluding hydrogens is 222 g/mol. The summed E-state index contributed by atoms with van der Waals surface area (Å²) >= 11 is 0. The SMILES string of the molecule is Cc1cc(C(O)C(O)CN=[N+]=[N-])cnc1C#N. The second-order valence-corrected chi connectivity index (χ2v) is 3.47. The molecule has 0 amide bonds. The molecule has 0 radical (unpaired) electrons. The highest BCUT2D eigenvalue weighted by Crippen LogP contribution is 2.18. The van der Waals surface area contributed by atoms with Gasteiger partial charge in [0.2, 0.25) is 0 Å². The molecule has 0 spiro atoms. The topological polar surface area (TPSA) is 126 Å². The standard InChI is InChI=1S/C10H11N5O2/c1-6-2-7(4-13-8(6)3-11)10(17)9(16)5-14-15-12/h2,4,9-10,16-17H,5H2,1H3. The van der Waals surface area contributed by atoms with Crippen LogP contribution in [0, 0.1) is 18.3 Å². The number of hydrogen-bond acceptors (Lipinski definition) is 5. The molecule has 7 heteroatoms. The van der Waals surface area contributed by atoms with E-state index < -0.39 is 12.2 Å². The second kappa shape index (κ2) is 5.82. The Kier molecular flexibility index (Phi) is 4.43. The summed E-state index contributed by atoms with van der Waals surface area (Å²) in [6.07, 6.45) is -1.07. The lowest BCUT2D eigenvalue weighted by atomic mass is 10.0. The highest BCUT2D eigenvalue weighted by atomic mass is 16.3. The maximum Gasteiger partial charge on any atom is 0.143 e. The van der Waals surface area contributed by atoms with Crippen molar-refractivity contribution in [3.8, 4) is 6.07 Å². The first-order valence-corrected chi connectivity index (χ1v) is 4.83. The van der Waals surface area contributed by atoms with Gasteiger partial charge in [-0.1, -0.05) is 5.11 Å². The summed E-state index contributed by atoms with van der Waals surface area (Å²) < 4.78 is 0. The Labute approximate surface area is 97.6 Å². The summed E-state index contributed by atoms with van der Waals surface area (Å²) in [5.74, 6) is 0. The molecule has 0 aliphatic heterocycles. The summed E-state index contributed by atoms with van der Waals surface area (Å²) in [6.45, 7) is 1.46. The van der Waals surface area contributed by atoms with Gasteiger partial charge in [0.05, 0.1) is 12.6 Å². The Hall–Kier alpha value is -2.13. The first-order valence-electron chi connectivity index (χ1n) is 4.83. The first kappa shape index (κ1) is 12.9. The number of azide groups is 1. The minimum absolute atomic E-state index is 0.225. The molecule has 1 rings (SSSR count). The molecular formula is C10H11N5O2. The molecule has 1 heterocycles. The molecule has 7 nitrogen and oxygen atoms in total. The number of pyridine rings is 1. The molecule has 2 unspecified atom stereocenters. The number of aryl methyl sites for hydroxylation is 1. The Morgan fingerprint density at radius 2 is 2.35 bits per heavy atom. The summed E-state index contributed by atoms with van der Waals surface area (Å²) in [6, 6.07) is 3.47. The molecule has 17 heavy (non-hydrogen) atoms. The van der Waals surface area contributed by atoms with E-state index in [1.165, 1.54) is 6.20 Å². The van der Waals surface area contributed by atoms with Crippen molar-refractivity contribution in [1.29, 1.82) is 5.26 Å². The third-order valence-electron chi connectivity index (χ3n) is 2.24. The Morgan fingerprint density at radius 1 is 1.65 bits per heavy atom. The van der Waals surface area contributed by atoms with E-state index in [1.54, 1.807) is 13.0 Å². The third-order valence-corrected chi connectivity index (χ3v) is 2.24. The molecule has 1 aromatic rings. The van der Waals surface area contributed by atoms with E-state index in [1.807, 2.05) is 6.07 Å². The van der Waals surface area contributed by atoms with Gasteiger partial charge in [-0.25, -0.2) is 4.98 Å². The van der Waals surface area contributed by atoms with Crippen LogP contribution in [0.15, 0.2) is 17.4 Å². The molecule has 2 N–H and O–H groups in total. The van der Waals surface area contributed by atoms with Gasteiger partial charge < -0.3 is 10.2 Å². The average Bonchev–Trinajstić information content (AvgIpc) is 2.34. The Balaban J connectivity index is 2.89. The highest BCUT2D eigenvalue weighted by Gasteiger charge is 2.18. The van der Waals surface area contributed by atoms with Gasteiger partial charge in [-0.2, -0.15) is 5.26 Å². The fraction of sp³-hybridized carbons (Fsp3) is 0.400. The molecule has 0 saturated heterocycles. The van der Waals surface area contributed by atoms with E-state index in [2.05, 4.69) is 15.0 Å².